The maximum absolute atomic E-state index is 13.8. The second-order valence-corrected chi connectivity index (χ2v) is 6.67. The molecule has 1 aliphatic heterocycles. The van der Waals surface area contributed by atoms with Crippen LogP contribution in [0.1, 0.15) is 11.1 Å². The summed E-state index contributed by atoms with van der Waals surface area (Å²) in [5.74, 6) is -9.29. The number of thiophene rings is 1. The van der Waals surface area contributed by atoms with E-state index in [0.29, 0.717) is 22.6 Å². The summed E-state index contributed by atoms with van der Waals surface area (Å²) in [5, 5.41) is 11.0. The number of hydrogen-bond donors (Lipinski definition) is 0. The molecule has 3 aromatic rings. The van der Waals surface area contributed by atoms with Gasteiger partial charge >= 0.3 is 0 Å². The smallest absolute Gasteiger partial charge is 0.231 e. The molecule has 0 amide bonds. The number of nitrogens with zero attached hydrogens (tertiary/aromatic N) is 1. The van der Waals surface area contributed by atoms with Gasteiger partial charge in [-0.25, -0.2) is 22.0 Å². The molecule has 2 aromatic carbocycles. The molecular weight excluding hydrogens is 417 g/mol. The van der Waals surface area contributed by atoms with Crippen LogP contribution in [-0.4, -0.2) is 6.79 Å². The Morgan fingerprint density at radius 1 is 0.966 bits per heavy atom. The van der Waals surface area contributed by atoms with Gasteiger partial charge in [-0.2, -0.15) is 5.26 Å². The predicted octanol–water partition coefficient (Wildman–Crippen LogP) is 5.29. The second kappa shape index (κ2) is 7.25. The Kier molecular flexibility index (Phi) is 4.76. The Balaban J connectivity index is 1.65. The van der Waals surface area contributed by atoms with Gasteiger partial charge in [-0.3, -0.25) is 0 Å². The molecule has 2 heterocycles. The second-order valence-electron chi connectivity index (χ2n) is 5.83. The molecule has 1 aromatic heterocycles. The number of fused-ring (bicyclic) bond motifs is 1. The van der Waals surface area contributed by atoms with E-state index in [2.05, 4.69) is 0 Å². The lowest BCUT2D eigenvalue weighted by atomic mass is 10.0. The van der Waals surface area contributed by atoms with E-state index in [4.69, 9.17) is 14.2 Å². The molecule has 0 unspecified atom stereocenters. The van der Waals surface area contributed by atoms with E-state index in [0.717, 1.165) is 11.3 Å². The van der Waals surface area contributed by atoms with E-state index >= 15 is 0 Å². The maximum atomic E-state index is 13.8. The number of nitriles is 1. The predicted molar refractivity (Wildman–Crippen MR) is 91.2 cm³/mol. The van der Waals surface area contributed by atoms with Gasteiger partial charge < -0.3 is 14.2 Å². The lowest BCUT2D eigenvalue weighted by Gasteiger charge is -2.09. The van der Waals surface area contributed by atoms with Crippen molar-refractivity contribution in [3.63, 3.8) is 0 Å². The van der Waals surface area contributed by atoms with Crippen molar-refractivity contribution in [1.82, 2.24) is 0 Å². The van der Waals surface area contributed by atoms with E-state index in [1.54, 1.807) is 23.6 Å². The van der Waals surface area contributed by atoms with Crippen LogP contribution < -0.4 is 14.2 Å². The number of halogens is 5. The van der Waals surface area contributed by atoms with Crippen molar-refractivity contribution in [3.8, 4) is 33.8 Å². The molecule has 1 aliphatic rings. The van der Waals surface area contributed by atoms with Gasteiger partial charge in [0.15, 0.2) is 39.8 Å². The van der Waals surface area contributed by atoms with Gasteiger partial charge in [0.2, 0.25) is 12.6 Å². The summed E-state index contributed by atoms with van der Waals surface area (Å²) in [6.07, 6.45) is 0. The number of benzene rings is 2. The van der Waals surface area contributed by atoms with Crippen molar-refractivity contribution in [2.45, 2.75) is 6.61 Å². The highest BCUT2D eigenvalue weighted by Gasteiger charge is 2.26. The van der Waals surface area contributed by atoms with Crippen LogP contribution in [0.4, 0.5) is 22.0 Å². The summed E-state index contributed by atoms with van der Waals surface area (Å²) < 4.78 is 83.1. The van der Waals surface area contributed by atoms with Crippen LogP contribution in [0.15, 0.2) is 23.6 Å². The van der Waals surface area contributed by atoms with Crippen LogP contribution in [0, 0.1) is 40.4 Å². The molecule has 0 spiro atoms. The fourth-order valence-corrected chi connectivity index (χ4v) is 3.62. The Morgan fingerprint density at radius 3 is 2.31 bits per heavy atom. The molecule has 10 heteroatoms. The third kappa shape index (κ3) is 3.13. The third-order valence-electron chi connectivity index (χ3n) is 4.20. The largest absolute Gasteiger partial charge is 0.478 e. The quantitative estimate of drug-likeness (QED) is 0.324. The zero-order chi connectivity index (χ0) is 20.7. The molecule has 0 saturated heterocycles. The molecule has 4 nitrogen and oxygen atoms in total. The molecule has 4 rings (SSSR count). The molecule has 148 valence electrons. The molecule has 0 aliphatic carbocycles. The lowest BCUT2D eigenvalue weighted by Crippen LogP contribution is -2.09. The average Bonchev–Trinajstić information content (AvgIpc) is 3.36. The first-order valence-corrected chi connectivity index (χ1v) is 8.85. The van der Waals surface area contributed by atoms with Gasteiger partial charge in [0.05, 0.1) is 5.56 Å². The summed E-state index contributed by atoms with van der Waals surface area (Å²) in [7, 11) is 0. The summed E-state index contributed by atoms with van der Waals surface area (Å²) in [6, 6.07) is 6.92. The molecule has 0 atom stereocenters. The van der Waals surface area contributed by atoms with E-state index in [-0.39, 0.29) is 17.4 Å². The van der Waals surface area contributed by atoms with Gasteiger partial charge in [-0.05, 0) is 17.7 Å². The van der Waals surface area contributed by atoms with E-state index in [1.807, 2.05) is 6.07 Å². The summed E-state index contributed by atoms with van der Waals surface area (Å²) >= 11 is 0.948. The highest BCUT2D eigenvalue weighted by Crippen LogP contribution is 2.41. The molecule has 0 bridgehead atoms. The van der Waals surface area contributed by atoms with Crippen molar-refractivity contribution in [2.24, 2.45) is 0 Å². The van der Waals surface area contributed by atoms with Gasteiger partial charge in [0, 0.05) is 10.9 Å². The molecule has 29 heavy (non-hydrogen) atoms. The summed E-state index contributed by atoms with van der Waals surface area (Å²) in [6.45, 7) is -0.870. The molecule has 0 fully saturated rings. The minimum atomic E-state index is -2.25. The van der Waals surface area contributed by atoms with Crippen LogP contribution in [0.5, 0.6) is 16.6 Å². The topological polar surface area (TPSA) is 51.5 Å². The van der Waals surface area contributed by atoms with Crippen molar-refractivity contribution >= 4 is 11.3 Å². The van der Waals surface area contributed by atoms with Crippen LogP contribution in [0.25, 0.3) is 11.1 Å². The van der Waals surface area contributed by atoms with Gasteiger partial charge in [0.1, 0.15) is 18.2 Å². The number of hydrogen-bond acceptors (Lipinski definition) is 5. The fraction of sp³-hybridized carbons (Fsp3) is 0.105. The number of ether oxygens (including phenoxy) is 3. The van der Waals surface area contributed by atoms with Crippen molar-refractivity contribution in [2.75, 3.05) is 6.79 Å². The SMILES string of the molecule is N#Cc1c(-c2ccc3c(c2)OCO3)csc1OCc1c(F)c(F)c(F)c(F)c1F. The van der Waals surface area contributed by atoms with Gasteiger partial charge in [-0.15, -0.1) is 11.3 Å². The zero-order valence-corrected chi connectivity index (χ0v) is 15.0. The van der Waals surface area contributed by atoms with Gasteiger partial charge in [0.25, 0.3) is 0 Å². The minimum absolute atomic E-state index is 0.0240. The van der Waals surface area contributed by atoms with Gasteiger partial charge in [-0.1, -0.05) is 6.07 Å². The first-order valence-electron chi connectivity index (χ1n) is 7.97. The normalized spacial score (nSPS) is 12.1. The third-order valence-corrected chi connectivity index (χ3v) is 5.09. The highest BCUT2D eigenvalue weighted by atomic mass is 32.1. The van der Waals surface area contributed by atoms with E-state index in [1.165, 1.54) is 0 Å². The molecule has 0 saturated carbocycles. The fourth-order valence-electron chi connectivity index (χ4n) is 2.74. The Morgan fingerprint density at radius 2 is 1.62 bits per heavy atom. The lowest BCUT2D eigenvalue weighted by molar-refractivity contribution is 0.174. The first-order chi connectivity index (χ1) is 13.9. The average molecular weight is 425 g/mol. The first kappa shape index (κ1) is 19.0. The zero-order valence-electron chi connectivity index (χ0n) is 14.2. The Bertz CT molecular complexity index is 1140. The van der Waals surface area contributed by atoms with E-state index < -0.39 is 41.3 Å². The summed E-state index contributed by atoms with van der Waals surface area (Å²) in [5.41, 5.74) is -0.00241. The molecule has 0 N–H and O–H groups in total. The van der Waals surface area contributed by atoms with Crippen molar-refractivity contribution in [3.05, 3.63) is 63.8 Å². The summed E-state index contributed by atoms with van der Waals surface area (Å²) in [4.78, 5) is 0. The monoisotopic (exact) mass is 425 g/mol. The van der Waals surface area contributed by atoms with Crippen LogP contribution in [0.3, 0.4) is 0 Å². The standard InChI is InChI=1S/C19H8F5NO3S/c20-14-10(15(21)17(23)18(24)16(14)22)5-26-19-9(4-25)11(6-29-19)8-1-2-12-13(3-8)28-7-27-12/h1-3,6H,5,7H2. The van der Waals surface area contributed by atoms with Crippen molar-refractivity contribution < 1.29 is 36.2 Å². The maximum Gasteiger partial charge on any atom is 0.231 e. The Labute approximate surface area is 164 Å². The Hall–Kier alpha value is -3.32. The van der Waals surface area contributed by atoms with Crippen LogP contribution in [0.2, 0.25) is 0 Å². The minimum Gasteiger partial charge on any atom is -0.478 e. The van der Waals surface area contributed by atoms with E-state index in [9.17, 15) is 27.2 Å². The van der Waals surface area contributed by atoms with Crippen molar-refractivity contribution in [1.29, 1.82) is 5.26 Å². The molecule has 0 radical (unpaired) electrons. The number of rotatable bonds is 4. The highest BCUT2D eigenvalue weighted by molar-refractivity contribution is 7.12. The van der Waals surface area contributed by atoms with Crippen LogP contribution >= 0.6 is 11.3 Å². The van der Waals surface area contributed by atoms with Crippen LogP contribution in [-0.2, 0) is 6.61 Å². The molecular formula is C19H8F5NO3S.